The topological polar surface area (TPSA) is 21.1 Å². The Morgan fingerprint density at radius 1 is 1.24 bits per heavy atom. The Hall–Kier alpha value is -1.22. The summed E-state index contributed by atoms with van der Waals surface area (Å²) in [5.74, 6) is 1.70. The van der Waals surface area contributed by atoms with Gasteiger partial charge in [0, 0.05) is 24.4 Å². The second-order valence-electron chi connectivity index (χ2n) is 6.23. The summed E-state index contributed by atoms with van der Waals surface area (Å²) in [5.41, 5.74) is 3.61. The number of para-hydroxylation sites is 1. The van der Waals surface area contributed by atoms with Gasteiger partial charge in [-0.2, -0.15) is 0 Å². The number of fused-ring (bicyclic) bond motifs is 1. The van der Waals surface area contributed by atoms with Gasteiger partial charge in [-0.1, -0.05) is 12.1 Å². The van der Waals surface area contributed by atoms with E-state index in [-0.39, 0.29) is 0 Å². The molecule has 0 radical (unpaired) electrons. The molecule has 1 aliphatic rings. The third-order valence-electron chi connectivity index (χ3n) is 4.62. The fourth-order valence-electron chi connectivity index (χ4n) is 3.62. The van der Waals surface area contributed by atoms with Crippen molar-refractivity contribution in [2.45, 2.75) is 58.5 Å². The maximum atomic E-state index is 6.02. The number of benzene rings is 1. The number of aromatic nitrogens is 2. The molecule has 1 aromatic heterocycles. The number of aryl methyl sites for hydroxylation is 2. The Labute approximate surface area is 131 Å². The van der Waals surface area contributed by atoms with Crippen LogP contribution < -0.4 is 5.01 Å². The Balaban J connectivity index is 2.20. The molecule has 0 spiro atoms. The third-order valence-corrected chi connectivity index (χ3v) is 4.81. The zero-order valence-electron chi connectivity index (χ0n) is 13.1. The molecule has 0 amide bonds. The van der Waals surface area contributed by atoms with E-state index < -0.39 is 0 Å². The number of piperidine rings is 1. The van der Waals surface area contributed by atoms with Crippen LogP contribution in [0.25, 0.3) is 11.0 Å². The highest BCUT2D eigenvalue weighted by molar-refractivity contribution is 6.17. The molecule has 2 unspecified atom stereocenters. The van der Waals surface area contributed by atoms with E-state index in [1.54, 1.807) is 0 Å². The normalized spacial score (nSPS) is 23.0. The van der Waals surface area contributed by atoms with Gasteiger partial charge in [0.05, 0.1) is 11.0 Å². The summed E-state index contributed by atoms with van der Waals surface area (Å²) in [4.78, 5) is 4.84. The van der Waals surface area contributed by atoms with Crippen LogP contribution in [-0.2, 0) is 6.42 Å². The summed E-state index contributed by atoms with van der Waals surface area (Å²) in [6, 6.07) is 7.45. The average molecular weight is 306 g/mol. The Bertz CT molecular complexity index is 624. The van der Waals surface area contributed by atoms with Gasteiger partial charge >= 0.3 is 0 Å². The minimum atomic E-state index is 0.542. The van der Waals surface area contributed by atoms with E-state index in [2.05, 4.69) is 48.7 Å². The largest absolute Gasteiger partial charge is 0.306 e. The summed E-state index contributed by atoms with van der Waals surface area (Å²) >= 11 is 6.02. The minimum Gasteiger partial charge on any atom is -0.306 e. The molecule has 0 saturated carbocycles. The molecule has 2 aromatic rings. The molecule has 1 aromatic carbocycles. The van der Waals surface area contributed by atoms with Crippen molar-refractivity contribution in [3.8, 4) is 0 Å². The highest BCUT2D eigenvalue weighted by atomic mass is 35.5. The number of hydrogen-bond donors (Lipinski definition) is 0. The summed E-state index contributed by atoms with van der Waals surface area (Å²) in [5, 5.41) is 2.52. The number of nitrogens with zero attached hydrogens (tertiary/aromatic N) is 3. The van der Waals surface area contributed by atoms with Crippen LogP contribution >= 0.6 is 11.6 Å². The number of imidazole rings is 1. The summed E-state index contributed by atoms with van der Waals surface area (Å²) in [6.07, 6.45) is 4.62. The number of halogens is 1. The first-order chi connectivity index (χ1) is 10.1. The zero-order chi connectivity index (χ0) is 15.0. The lowest BCUT2D eigenvalue weighted by atomic mass is 9.99. The lowest BCUT2D eigenvalue weighted by molar-refractivity contribution is 0.336. The fourth-order valence-corrected chi connectivity index (χ4v) is 3.79. The molecule has 4 heteroatoms. The summed E-state index contributed by atoms with van der Waals surface area (Å²) in [7, 11) is 0. The van der Waals surface area contributed by atoms with Crippen LogP contribution in [0.15, 0.2) is 18.2 Å². The minimum absolute atomic E-state index is 0.542. The molecule has 21 heavy (non-hydrogen) atoms. The molecule has 2 atom stereocenters. The predicted octanol–water partition coefficient (Wildman–Crippen LogP) is 4.02. The number of alkyl halides is 1. The van der Waals surface area contributed by atoms with Gasteiger partial charge in [0.15, 0.2) is 0 Å². The molecule has 0 N–H and O–H groups in total. The molecule has 1 fully saturated rings. The van der Waals surface area contributed by atoms with Gasteiger partial charge in [0.1, 0.15) is 5.82 Å². The first-order valence-electron chi connectivity index (χ1n) is 7.95. The van der Waals surface area contributed by atoms with E-state index in [1.165, 1.54) is 30.3 Å². The monoisotopic (exact) mass is 305 g/mol. The van der Waals surface area contributed by atoms with E-state index in [1.807, 2.05) is 0 Å². The second-order valence-corrected chi connectivity index (χ2v) is 6.61. The standard InChI is InChI=1S/C17H24ClN3/c1-12-6-4-9-15-17(12)21(16(19-15)10-11-18)20-13(2)7-5-8-14(20)3/h4,6,9,13-14H,5,7-8,10-11H2,1-3H3. The predicted molar refractivity (Wildman–Crippen MR) is 89.9 cm³/mol. The fraction of sp³-hybridized carbons (Fsp3) is 0.588. The van der Waals surface area contributed by atoms with Crippen molar-refractivity contribution < 1.29 is 0 Å². The van der Waals surface area contributed by atoms with Crippen molar-refractivity contribution in [1.82, 2.24) is 9.66 Å². The highest BCUT2D eigenvalue weighted by Gasteiger charge is 2.28. The van der Waals surface area contributed by atoms with Crippen LogP contribution in [0.5, 0.6) is 0 Å². The van der Waals surface area contributed by atoms with Gasteiger partial charge in [-0.05, 0) is 51.7 Å². The average Bonchev–Trinajstić information content (AvgIpc) is 2.79. The quantitative estimate of drug-likeness (QED) is 0.799. The molecular weight excluding hydrogens is 282 g/mol. The Morgan fingerprint density at radius 2 is 1.95 bits per heavy atom. The molecule has 3 nitrogen and oxygen atoms in total. The van der Waals surface area contributed by atoms with Crippen molar-refractivity contribution in [2.75, 3.05) is 10.9 Å². The van der Waals surface area contributed by atoms with Gasteiger partial charge < -0.3 is 5.01 Å². The van der Waals surface area contributed by atoms with Crippen LogP contribution in [-0.4, -0.2) is 27.6 Å². The summed E-state index contributed by atoms with van der Waals surface area (Å²) in [6.45, 7) is 6.82. The maximum Gasteiger partial charge on any atom is 0.130 e. The van der Waals surface area contributed by atoms with Crippen LogP contribution in [0.4, 0.5) is 0 Å². The second kappa shape index (κ2) is 5.88. The third kappa shape index (κ3) is 2.52. The van der Waals surface area contributed by atoms with E-state index in [4.69, 9.17) is 16.6 Å². The smallest absolute Gasteiger partial charge is 0.130 e. The van der Waals surface area contributed by atoms with Gasteiger partial charge in [0.2, 0.25) is 0 Å². The van der Waals surface area contributed by atoms with Crippen LogP contribution in [0.3, 0.4) is 0 Å². The van der Waals surface area contributed by atoms with Gasteiger partial charge in [-0.25, -0.2) is 9.66 Å². The van der Waals surface area contributed by atoms with Crippen molar-refractivity contribution in [3.63, 3.8) is 0 Å². The molecule has 2 heterocycles. The maximum absolute atomic E-state index is 6.02. The molecule has 1 saturated heterocycles. The van der Waals surface area contributed by atoms with Gasteiger partial charge in [-0.15, -0.1) is 11.6 Å². The zero-order valence-corrected chi connectivity index (χ0v) is 13.9. The first-order valence-corrected chi connectivity index (χ1v) is 8.48. The highest BCUT2D eigenvalue weighted by Crippen LogP contribution is 2.27. The van der Waals surface area contributed by atoms with E-state index in [0.717, 1.165) is 17.8 Å². The van der Waals surface area contributed by atoms with Crippen LogP contribution in [0, 0.1) is 6.92 Å². The number of rotatable bonds is 3. The Kier molecular flexibility index (Phi) is 4.12. The van der Waals surface area contributed by atoms with Crippen molar-refractivity contribution in [1.29, 1.82) is 0 Å². The summed E-state index contributed by atoms with van der Waals surface area (Å²) < 4.78 is 2.36. The number of hydrogen-bond acceptors (Lipinski definition) is 2. The van der Waals surface area contributed by atoms with E-state index in [9.17, 15) is 0 Å². The lowest BCUT2D eigenvalue weighted by Gasteiger charge is -2.42. The first kappa shape index (κ1) is 14.7. The van der Waals surface area contributed by atoms with Gasteiger partial charge in [0.25, 0.3) is 0 Å². The molecular formula is C17H24ClN3. The van der Waals surface area contributed by atoms with Gasteiger partial charge in [-0.3, -0.25) is 0 Å². The molecule has 0 bridgehead atoms. The van der Waals surface area contributed by atoms with Crippen molar-refractivity contribution in [2.24, 2.45) is 0 Å². The molecule has 0 aliphatic carbocycles. The van der Waals surface area contributed by atoms with E-state index in [0.29, 0.717) is 18.0 Å². The molecule has 114 valence electrons. The van der Waals surface area contributed by atoms with Crippen LogP contribution in [0.2, 0.25) is 0 Å². The Morgan fingerprint density at radius 3 is 2.62 bits per heavy atom. The lowest BCUT2D eigenvalue weighted by Crippen LogP contribution is -2.51. The molecule has 3 rings (SSSR count). The van der Waals surface area contributed by atoms with Crippen LogP contribution in [0.1, 0.15) is 44.5 Å². The van der Waals surface area contributed by atoms with Crippen molar-refractivity contribution >= 4 is 22.6 Å². The van der Waals surface area contributed by atoms with Crippen molar-refractivity contribution in [3.05, 3.63) is 29.6 Å². The van der Waals surface area contributed by atoms with E-state index >= 15 is 0 Å². The molecule has 1 aliphatic heterocycles. The SMILES string of the molecule is Cc1cccc2nc(CCCl)n(N3C(C)CCCC3C)c12.